The number of carbonyl (C=O) groups is 1. The number of nitrogens with two attached hydrogens (primary N) is 1. The molecule has 0 fully saturated rings. The molecule has 0 aromatic rings. The standard InChI is InChI=1S/C12H26N2O2S/c1-12(2,3)10(16-4)8-14-11(15)9(13)6-7-17-5/h9-10H,6-8,13H2,1-5H3,(H,14,15)/t9-,10?/m0/s1. The summed E-state index contributed by atoms with van der Waals surface area (Å²) in [4.78, 5) is 11.7. The molecule has 0 bridgehead atoms. The Morgan fingerprint density at radius 2 is 2.06 bits per heavy atom. The molecule has 2 atom stereocenters. The van der Waals surface area contributed by atoms with E-state index in [0.717, 1.165) is 5.75 Å². The summed E-state index contributed by atoms with van der Waals surface area (Å²) in [6.07, 6.45) is 2.71. The van der Waals surface area contributed by atoms with Gasteiger partial charge in [0.25, 0.3) is 0 Å². The van der Waals surface area contributed by atoms with Gasteiger partial charge >= 0.3 is 0 Å². The van der Waals surface area contributed by atoms with Gasteiger partial charge in [-0.2, -0.15) is 11.8 Å². The first kappa shape index (κ1) is 16.7. The zero-order valence-corrected chi connectivity index (χ0v) is 12.4. The summed E-state index contributed by atoms with van der Waals surface area (Å²) in [5, 5.41) is 2.85. The number of carbonyl (C=O) groups excluding carboxylic acids is 1. The molecule has 102 valence electrons. The van der Waals surface area contributed by atoms with Gasteiger partial charge in [-0.05, 0) is 23.8 Å². The predicted octanol–water partition coefficient (Wildman–Crippen LogP) is 1.24. The van der Waals surface area contributed by atoms with Crippen LogP contribution in [-0.2, 0) is 9.53 Å². The highest BCUT2D eigenvalue weighted by Gasteiger charge is 2.25. The Morgan fingerprint density at radius 1 is 1.47 bits per heavy atom. The molecule has 1 unspecified atom stereocenters. The minimum Gasteiger partial charge on any atom is -0.379 e. The fourth-order valence-electron chi connectivity index (χ4n) is 1.44. The Labute approximate surface area is 109 Å². The molecule has 0 rings (SSSR count). The van der Waals surface area contributed by atoms with Gasteiger partial charge in [-0.1, -0.05) is 20.8 Å². The van der Waals surface area contributed by atoms with E-state index in [0.29, 0.717) is 13.0 Å². The zero-order valence-electron chi connectivity index (χ0n) is 11.6. The van der Waals surface area contributed by atoms with Crippen LogP contribution in [0, 0.1) is 5.41 Å². The topological polar surface area (TPSA) is 64.3 Å². The van der Waals surface area contributed by atoms with Crippen molar-refractivity contribution in [2.24, 2.45) is 11.1 Å². The fraction of sp³-hybridized carbons (Fsp3) is 0.917. The van der Waals surface area contributed by atoms with Crippen LogP contribution in [0.4, 0.5) is 0 Å². The van der Waals surface area contributed by atoms with E-state index in [1.165, 1.54) is 0 Å². The van der Waals surface area contributed by atoms with Gasteiger partial charge in [0.2, 0.25) is 5.91 Å². The fourth-order valence-corrected chi connectivity index (χ4v) is 1.93. The third-order valence-electron chi connectivity index (χ3n) is 2.68. The van der Waals surface area contributed by atoms with E-state index in [-0.39, 0.29) is 17.4 Å². The quantitative estimate of drug-likeness (QED) is 0.724. The smallest absolute Gasteiger partial charge is 0.237 e. The minimum atomic E-state index is -0.417. The van der Waals surface area contributed by atoms with Crippen LogP contribution in [0.2, 0.25) is 0 Å². The summed E-state index contributed by atoms with van der Waals surface area (Å²) in [6, 6.07) is -0.417. The molecule has 5 heteroatoms. The monoisotopic (exact) mass is 262 g/mol. The van der Waals surface area contributed by atoms with E-state index in [9.17, 15) is 4.79 Å². The Morgan fingerprint density at radius 3 is 2.47 bits per heavy atom. The maximum absolute atomic E-state index is 11.7. The van der Waals surface area contributed by atoms with E-state index in [4.69, 9.17) is 10.5 Å². The maximum Gasteiger partial charge on any atom is 0.237 e. The Kier molecular flexibility index (Phi) is 7.83. The van der Waals surface area contributed by atoms with Gasteiger partial charge in [0.15, 0.2) is 0 Å². The third-order valence-corrected chi connectivity index (χ3v) is 3.33. The largest absolute Gasteiger partial charge is 0.379 e. The van der Waals surface area contributed by atoms with E-state index >= 15 is 0 Å². The molecule has 1 amide bonds. The van der Waals surface area contributed by atoms with Gasteiger partial charge in [-0.3, -0.25) is 4.79 Å². The van der Waals surface area contributed by atoms with Crippen molar-refractivity contribution >= 4 is 17.7 Å². The van der Waals surface area contributed by atoms with Crippen molar-refractivity contribution in [1.82, 2.24) is 5.32 Å². The van der Waals surface area contributed by atoms with Gasteiger partial charge in [0, 0.05) is 13.7 Å². The lowest BCUT2D eigenvalue weighted by Gasteiger charge is -2.29. The van der Waals surface area contributed by atoms with Crippen LogP contribution in [0.25, 0.3) is 0 Å². The van der Waals surface area contributed by atoms with Crippen LogP contribution in [0.1, 0.15) is 27.2 Å². The maximum atomic E-state index is 11.7. The number of hydrogen-bond donors (Lipinski definition) is 2. The van der Waals surface area contributed by atoms with E-state index in [1.54, 1.807) is 18.9 Å². The molecule has 0 aliphatic heterocycles. The summed E-state index contributed by atoms with van der Waals surface area (Å²) in [7, 11) is 1.66. The lowest BCUT2D eigenvalue weighted by molar-refractivity contribution is -0.123. The predicted molar refractivity (Wildman–Crippen MR) is 74.2 cm³/mol. The van der Waals surface area contributed by atoms with Crippen LogP contribution in [0.15, 0.2) is 0 Å². The highest BCUT2D eigenvalue weighted by molar-refractivity contribution is 7.98. The number of methoxy groups -OCH3 is 1. The number of nitrogens with one attached hydrogen (secondary N) is 1. The van der Waals surface area contributed by atoms with E-state index < -0.39 is 6.04 Å². The number of hydrogen-bond acceptors (Lipinski definition) is 4. The lowest BCUT2D eigenvalue weighted by atomic mass is 9.89. The molecule has 17 heavy (non-hydrogen) atoms. The van der Waals surface area contributed by atoms with Crippen LogP contribution in [0.3, 0.4) is 0 Å². The van der Waals surface area contributed by atoms with Crippen molar-refractivity contribution in [3.8, 4) is 0 Å². The Balaban J connectivity index is 4.05. The van der Waals surface area contributed by atoms with E-state index in [1.807, 2.05) is 6.26 Å². The third kappa shape index (κ3) is 6.91. The molecule has 0 spiro atoms. The van der Waals surface area contributed by atoms with Gasteiger partial charge < -0.3 is 15.8 Å². The first-order valence-corrected chi connectivity index (χ1v) is 7.27. The van der Waals surface area contributed by atoms with Crippen molar-refractivity contribution in [3.63, 3.8) is 0 Å². The molecule has 0 aromatic carbocycles. The lowest BCUT2D eigenvalue weighted by Crippen LogP contribution is -2.46. The SMILES string of the molecule is COC(CNC(=O)[C@@H](N)CCSC)C(C)(C)C. The van der Waals surface area contributed by atoms with Gasteiger partial charge in [-0.25, -0.2) is 0 Å². The van der Waals surface area contributed by atoms with Crippen molar-refractivity contribution in [2.45, 2.75) is 39.3 Å². The molecule has 3 N–H and O–H groups in total. The second-order valence-electron chi connectivity index (χ2n) is 5.22. The zero-order chi connectivity index (χ0) is 13.5. The minimum absolute atomic E-state index is 0.000741. The highest BCUT2D eigenvalue weighted by atomic mass is 32.2. The molecule has 0 saturated carbocycles. The average Bonchev–Trinajstić information content (AvgIpc) is 2.24. The summed E-state index contributed by atoms with van der Waals surface area (Å²) >= 11 is 1.70. The molecule has 0 heterocycles. The molecule has 0 aliphatic rings. The van der Waals surface area contributed by atoms with Crippen molar-refractivity contribution < 1.29 is 9.53 Å². The average molecular weight is 262 g/mol. The summed E-state index contributed by atoms with van der Waals surface area (Å²) in [5.74, 6) is 0.812. The van der Waals surface area contributed by atoms with Gasteiger partial charge in [0.1, 0.15) is 0 Å². The Hall–Kier alpha value is -0.260. The summed E-state index contributed by atoms with van der Waals surface area (Å²) in [6.45, 7) is 6.76. The molecule has 0 aliphatic carbocycles. The number of thioether (sulfide) groups is 1. The highest BCUT2D eigenvalue weighted by Crippen LogP contribution is 2.20. The molecule has 0 aromatic heterocycles. The number of ether oxygens (including phenoxy) is 1. The van der Waals surface area contributed by atoms with Crippen molar-refractivity contribution in [2.75, 3.05) is 25.7 Å². The summed E-state index contributed by atoms with van der Waals surface area (Å²) in [5.41, 5.74) is 5.78. The van der Waals surface area contributed by atoms with Crippen molar-refractivity contribution in [3.05, 3.63) is 0 Å². The normalized spacial score (nSPS) is 15.4. The van der Waals surface area contributed by atoms with Crippen molar-refractivity contribution in [1.29, 1.82) is 0 Å². The van der Waals surface area contributed by atoms with Crippen LogP contribution in [-0.4, -0.2) is 43.7 Å². The molecule has 4 nitrogen and oxygen atoms in total. The van der Waals surface area contributed by atoms with E-state index in [2.05, 4.69) is 26.1 Å². The first-order chi connectivity index (χ1) is 7.82. The Bertz CT molecular complexity index is 229. The molecule has 0 radical (unpaired) electrons. The van der Waals surface area contributed by atoms with Crippen LogP contribution in [0.5, 0.6) is 0 Å². The van der Waals surface area contributed by atoms with Crippen LogP contribution < -0.4 is 11.1 Å². The number of amides is 1. The van der Waals surface area contributed by atoms with Gasteiger partial charge in [0.05, 0.1) is 12.1 Å². The molecular formula is C12H26N2O2S. The molecule has 0 saturated heterocycles. The first-order valence-electron chi connectivity index (χ1n) is 5.88. The second-order valence-corrected chi connectivity index (χ2v) is 6.21. The molecular weight excluding hydrogens is 236 g/mol. The van der Waals surface area contributed by atoms with Crippen LogP contribution >= 0.6 is 11.8 Å². The van der Waals surface area contributed by atoms with Gasteiger partial charge in [-0.15, -0.1) is 0 Å². The summed E-state index contributed by atoms with van der Waals surface area (Å²) < 4.78 is 5.37. The number of rotatable bonds is 7. The second kappa shape index (κ2) is 7.95.